The standard InChI is InChI=1S/C12H25NO4/c1-3-5-12(6-4-2,11(15)16)13-7-9-17-10-8-14/h13-14H,3-10H2,1-2H3,(H,15,16). The van der Waals surface area contributed by atoms with Gasteiger partial charge in [-0.1, -0.05) is 26.7 Å². The summed E-state index contributed by atoms with van der Waals surface area (Å²) in [4.78, 5) is 11.4. The van der Waals surface area contributed by atoms with Gasteiger partial charge in [-0.15, -0.1) is 0 Å². The lowest BCUT2D eigenvalue weighted by Crippen LogP contribution is -2.53. The normalized spacial score (nSPS) is 11.7. The summed E-state index contributed by atoms with van der Waals surface area (Å²) in [6.45, 7) is 5.17. The smallest absolute Gasteiger partial charge is 0.323 e. The third-order valence-electron chi connectivity index (χ3n) is 2.71. The molecule has 0 radical (unpaired) electrons. The van der Waals surface area contributed by atoms with Crippen molar-refractivity contribution < 1.29 is 19.7 Å². The zero-order valence-corrected chi connectivity index (χ0v) is 10.9. The zero-order chi connectivity index (χ0) is 13.1. The fourth-order valence-electron chi connectivity index (χ4n) is 1.97. The quantitative estimate of drug-likeness (QED) is 0.475. The summed E-state index contributed by atoms with van der Waals surface area (Å²) in [5.74, 6) is -0.789. The Morgan fingerprint density at radius 2 is 1.82 bits per heavy atom. The maximum atomic E-state index is 11.4. The average Bonchev–Trinajstić information content (AvgIpc) is 2.29. The average molecular weight is 247 g/mol. The lowest BCUT2D eigenvalue weighted by atomic mass is 9.88. The number of ether oxygens (including phenoxy) is 1. The van der Waals surface area contributed by atoms with Crippen LogP contribution in [0.1, 0.15) is 39.5 Å². The number of hydrogen-bond donors (Lipinski definition) is 3. The van der Waals surface area contributed by atoms with Crippen LogP contribution in [0, 0.1) is 0 Å². The van der Waals surface area contributed by atoms with Gasteiger partial charge in [0.2, 0.25) is 0 Å². The van der Waals surface area contributed by atoms with Crippen molar-refractivity contribution in [3.63, 3.8) is 0 Å². The summed E-state index contributed by atoms with van der Waals surface area (Å²) in [5, 5.41) is 21.0. The third-order valence-corrected chi connectivity index (χ3v) is 2.71. The van der Waals surface area contributed by atoms with Crippen LogP contribution in [0.3, 0.4) is 0 Å². The molecule has 0 heterocycles. The molecule has 0 aromatic heterocycles. The predicted molar refractivity (Wildman–Crippen MR) is 66.1 cm³/mol. The molecule has 0 aliphatic carbocycles. The molecule has 17 heavy (non-hydrogen) atoms. The fraction of sp³-hybridized carbons (Fsp3) is 0.917. The Morgan fingerprint density at radius 1 is 1.24 bits per heavy atom. The number of carboxylic acid groups (broad SMARTS) is 1. The van der Waals surface area contributed by atoms with Gasteiger partial charge in [0, 0.05) is 6.54 Å². The molecule has 5 nitrogen and oxygen atoms in total. The van der Waals surface area contributed by atoms with Gasteiger partial charge in [-0.3, -0.25) is 10.1 Å². The topological polar surface area (TPSA) is 78.8 Å². The summed E-state index contributed by atoms with van der Waals surface area (Å²) in [6.07, 6.45) is 2.90. The molecule has 0 fully saturated rings. The molecule has 0 saturated carbocycles. The first kappa shape index (κ1) is 16.4. The van der Waals surface area contributed by atoms with Gasteiger partial charge in [0.25, 0.3) is 0 Å². The Morgan fingerprint density at radius 3 is 2.24 bits per heavy atom. The van der Waals surface area contributed by atoms with Crippen molar-refractivity contribution in [3.8, 4) is 0 Å². The first-order valence-electron chi connectivity index (χ1n) is 6.30. The minimum absolute atomic E-state index is 0.00596. The van der Waals surface area contributed by atoms with E-state index in [-0.39, 0.29) is 6.61 Å². The van der Waals surface area contributed by atoms with Gasteiger partial charge >= 0.3 is 5.97 Å². The molecule has 3 N–H and O–H groups in total. The molecule has 0 unspecified atom stereocenters. The van der Waals surface area contributed by atoms with Gasteiger partial charge in [-0.25, -0.2) is 0 Å². The molecule has 102 valence electrons. The van der Waals surface area contributed by atoms with E-state index in [0.717, 1.165) is 12.8 Å². The van der Waals surface area contributed by atoms with E-state index in [0.29, 0.717) is 32.6 Å². The monoisotopic (exact) mass is 247 g/mol. The van der Waals surface area contributed by atoms with Gasteiger partial charge in [-0.2, -0.15) is 0 Å². The van der Waals surface area contributed by atoms with E-state index >= 15 is 0 Å². The third kappa shape index (κ3) is 6.00. The highest BCUT2D eigenvalue weighted by molar-refractivity contribution is 5.78. The highest BCUT2D eigenvalue weighted by Crippen LogP contribution is 2.20. The zero-order valence-electron chi connectivity index (χ0n) is 10.9. The second-order valence-corrected chi connectivity index (χ2v) is 4.15. The van der Waals surface area contributed by atoms with E-state index in [1.54, 1.807) is 0 Å². The van der Waals surface area contributed by atoms with Crippen LogP contribution in [0.2, 0.25) is 0 Å². The van der Waals surface area contributed by atoms with Crippen LogP contribution < -0.4 is 5.32 Å². The second kappa shape index (κ2) is 9.39. The molecule has 0 amide bonds. The van der Waals surface area contributed by atoms with Crippen molar-refractivity contribution >= 4 is 5.97 Å². The Labute approximate surface area is 103 Å². The Kier molecular flexibility index (Phi) is 9.03. The maximum absolute atomic E-state index is 11.4. The van der Waals surface area contributed by atoms with Gasteiger partial charge in [0.15, 0.2) is 0 Å². The van der Waals surface area contributed by atoms with E-state index in [9.17, 15) is 9.90 Å². The number of carbonyl (C=O) groups is 1. The first-order chi connectivity index (χ1) is 8.13. The highest BCUT2D eigenvalue weighted by atomic mass is 16.5. The lowest BCUT2D eigenvalue weighted by Gasteiger charge is -2.30. The van der Waals surface area contributed by atoms with E-state index in [1.165, 1.54) is 0 Å². The maximum Gasteiger partial charge on any atom is 0.323 e. The van der Waals surface area contributed by atoms with E-state index in [4.69, 9.17) is 9.84 Å². The summed E-state index contributed by atoms with van der Waals surface area (Å²) < 4.78 is 5.11. The van der Waals surface area contributed by atoms with Crippen LogP contribution in [0.25, 0.3) is 0 Å². The van der Waals surface area contributed by atoms with E-state index in [1.807, 2.05) is 13.8 Å². The molecule has 0 aromatic carbocycles. The van der Waals surface area contributed by atoms with Crippen molar-refractivity contribution in [3.05, 3.63) is 0 Å². The lowest BCUT2D eigenvalue weighted by molar-refractivity contribution is -0.145. The molecule has 0 saturated heterocycles. The molecular formula is C12H25NO4. The number of hydrogen-bond acceptors (Lipinski definition) is 4. The highest BCUT2D eigenvalue weighted by Gasteiger charge is 2.35. The van der Waals surface area contributed by atoms with Crippen LogP contribution >= 0.6 is 0 Å². The molecule has 0 rings (SSSR count). The Balaban J connectivity index is 4.20. The van der Waals surface area contributed by atoms with Gasteiger partial charge < -0.3 is 14.9 Å². The number of nitrogens with one attached hydrogen (secondary N) is 1. The second-order valence-electron chi connectivity index (χ2n) is 4.15. The number of carboxylic acids is 1. The SMILES string of the molecule is CCCC(CCC)(NCCOCCO)C(=O)O. The van der Waals surface area contributed by atoms with Crippen molar-refractivity contribution in [2.45, 2.75) is 45.1 Å². The first-order valence-corrected chi connectivity index (χ1v) is 6.30. The molecule has 0 aromatic rings. The van der Waals surface area contributed by atoms with Gasteiger partial charge in [-0.05, 0) is 12.8 Å². The van der Waals surface area contributed by atoms with Crippen LogP contribution in [0.15, 0.2) is 0 Å². The van der Waals surface area contributed by atoms with Crippen LogP contribution in [0.5, 0.6) is 0 Å². The molecule has 5 heteroatoms. The van der Waals surface area contributed by atoms with Gasteiger partial charge in [0.1, 0.15) is 5.54 Å². The number of aliphatic hydroxyl groups excluding tert-OH is 1. The van der Waals surface area contributed by atoms with E-state index < -0.39 is 11.5 Å². The number of aliphatic hydroxyl groups is 1. The fourth-order valence-corrected chi connectivity index (χ4v) is 1.97. The Hall–Kier alpha value is -0.650. The molecule has 0 aliphatic rings. The largest absolute Gasteiger partial charge is 0.480 e. The van der Waals surface area contributed by atoms with Crippen LogP contribution in [-0.4, -0.2) is 48.1 Å². The van der Waals surface area contributed by atoms with Crippen molar-refractivity contribution in [2.75, 3.05) is 26.4 Å². The molecule has 0 bridgehead atoms. The molecule has 0 atom stereocenters. The predicted octanol–water partition coefficient (Wildman–Crippen LogP) is 1.01. The van der Waals surface area contributed by atoms with Crippen molar-refractivity contribution in [2.24, 2.45) is 0 Å². The summed E-state index contributed by atoms with van der Waals surface area (Å²) >= 11 is 0. The molecular weight excluding hydrogens is 222 g/mol. The van der Waals surface area contributed by atoms with Crippen molar-refractivity contribution in [1.82, 2.24) is 5.32 Å². The molecule has 0 aliphatic heterocycles. The van der Waals surface area contributed by atoms with Crippen LogP contribution in [-0.2, 0) is 9.53 Å². The molecule has 0 spiro atoms. The van der Waals surface area contributed by atoms with Crippen LogP contribution in [0.4, 0.5) is 0 Å². The summed E-state index contributed by atoms with van der Waals surface area (Å²) in [5.41, 5.74) is -0.827. The summed E-state index contributed by atoms with van der Waals surface area (Å²) in [7, 11) is 0. The number of aliphatic carboxylic acids is 1. The minimum Gasteiger partial charge on any atom is -0.480 e. The van der Waals surface area contributed by atoms with Gasteiger partial charge in [0.05, 0.1) is 19.8 Å². The Bertz CT molecular complexity index is 203. The van der Waals surface area contributed by atoms with Crippen molar-refractivity contribution in [1.29, 1.82) is 0 Å². The minimum atomic E-state index is -0.827. The summed E-state index contributed by atoms with van der Waals surface area (Å²) in [6, 6.07) is 0. The van der Waals surface area contributed by atoms with E-state index in [2.05, 4.69) is 5.32 Å². The number of rotatable bonds is 11.